The topological polar surface area (TPSA) is 103 Å². The summed E-state index contributed by atoms with van der Waals surface area (Å²) in [6.45, 7) is 1.62. The Morgan fingerprint density at radius 1 is 1.11 bits per heavy atom. The Kier molecular flexibility index (Phi) is 8.13. The van der Waals surface area contributed by atoms with Crippen LogP contribution in [0.4, 0.5) is 0 Å². The summed E-state index contributed by atoms with van der Waals surface area (Å²) >= 11 is 0. The van der Waals surface area contributed by atoms with E-state index in [1.165, 1.54) is 23.8 Å². The van der Waals surface area contributed by atoms with Crippen molar-refractivity contribution < 1.29 is 19.5 Å². The second-order valence-corrected chi connectivity index (χ2v) is 6.30. The van der Waals surface area contributed by atoms with Gasteiger partial charge in [0.2, 0.25) is 0 Å². The fraction of sp³-hybridized carbons (Fsp3) is 0.250. The summed E-state index contributed by atoms with van der Waals surface area (Å²) in [5.41, 5.74) is 5.14. The normalized spacial score (nSPS) is 10.9. The fourth-order valence-electron chi connectivity index (χ4n) is 2.32. The average Bonchev–Trinajstić information content (AvgIpc) is 2.71. The van der Waals surface area contributed by atoms with Crippen molar-refractivity contribution in [3.63, 3.8) is 0 Å². The van der Waals surface area contributed by atoms with Crippen LogP contribution >= 0.6 is 0 Å². The lowest BCUT2D eigenvalue weighted by Gasteiger charge is -2.10. The number of nitrogens with zero attached hydrogens (tertiary/aromatic N) is 2. The number of carbonyl (C=O) groups is 2. The maximum atomic E-state index is 12.1. The summed E-state index contributed by atoms with van der Waals surface area (Å²) in [5, 5.41) is 12.6. The quantitative estimate of drug-likeness (QED) is 0.265. The molecule has 3 N–H and O–H groups in total. The molecule has 2 aromatic carbocycles. The molecule has 2 aromatic rings. The molecule has 0 spiro atoms. The molecule has 2 rings (SSSR count). The molecule has 0 fully saturated rings. The number of amides is 2. The Labute approximate surface area is 163 Å². The van der Waals surface area contributed by atoms with Gasteiger partial charge in [-0.15, -0.1) is 0 Å². The molecule has 0 heterocycles. The number of nitrogens with one attached hydrogen (secondary N) is 2. The average molecular weight is 384 g/mol. The molecule has 0 bridgehead atoms. The van der Waals surface area contributed by atoms with Crippen LogP contribution in [0.5, 0.6) is 5.75 Å². The van der Waals surface area contributed by atoms with E-state index in [0.29, 0.717) is 6.61 Å². The van der Waals surface area contributed by atoms with E-state index in [2.05, 4.69) is 15.4 Å². The highest BCUT2D eigenvalue weighted by molar-refractivity contribution is 5.99. The van der Waals surface area contributed by atoms with Gasteiger partial charge in [0.1, 0.15) is 5.75 Å². The smallest absolute Gasteiger partial charge is 0.274 e. The predicted octanol–water partition coefficient (Wildman–Crippen LogP) is 1.90. The van der Waals surface area contributed by atoms with E-state index in [-0.39, 0.29) is 11.1 Å². The van der Waals surface area contributed by atoms with Crippen LogP contribution in [0, 0.1) is 0 Å². The second kappa shape index (κ2) is 10.8. The highest BCUT2D eigenvalue weighted by Gasteiger charge is 2.09. The maximum absolute atomic E-state index is 12.1. The third kappa shape index (κ3) is 6.82. The molecule has 0 saturated carbocycles. The van der Waals surface area contributed by atoms with Gasteiger partial charge in [0, 0.05) is 17.7 Å². The number of ether oxygens (including phenoxy) is 1. The van der Waals surface area contributed by atoms with Gasteiger partial charge in [-0.1, -0.05) is 6.07 Å². The van der Waals surface area contributed by atoms with E-state index in [4.69, 9.17) is 9.94 Å². The number of hydrogen-bond acceptors (Lipinski definition) is 6. The Balaban J connectivity index is 1.85. The molecule has 0 unspecified atom stereocenters. The summed E-state index contributed by atoms with van der Waals surface area (Å²) in [6.07, 6.45) is 2.46. The van der Waals surface area contributed by atoms with E-state index in [1.54, 1.807) is 12.1 Å². The van der Waals surface area contributed by atoms with Crippen molar-refractivity contribution in [2.24, 2.45) is 5.10 Å². The van der Waals surface area contributed by atoms with Gasteiger partial charge in [-0.3, -0.25) is 14.8 Å². The van der Waals surface area contributed by atoms with Crippen LogP contribution in [-0.2, 0) is 0 Å². The number of hydrazone groups is 1. The Hall–Kier alpha value is -3.23. The van der Waals surface area contributed by atoms with Gasteiger partial charge in [-0.25, -0.2) is 10.9 Å². The molecule has 28 heavy (non-hydrogen) atoms. The molecule has 0 atom stereocenters. The SMILES string of the molecule is CN(C)CCCOc1ccc(/C=N/NC(=O)c2cccc(C(=O)NO)c2)cc1. The lowest BCUT2D eigenvalue weighted by molar-refractivity contribution is 0.0706. The van der Waals surface area contributed by atoms with Crippen molar-refractivity contribution >= 4 is 18.0 Å². The first-order valence-corrected chi connectivity index (χ1v) is 8.75. The van der Waals surface area contributed by atoms with E-state index in [0.717, 1.165) is 24.3 Å². The van der Waals surface area contributed by atoms with Gasteiger partial charge in [0.25, 0.3) is 11.8 Å². The van der Waals surface area contributed by atoms with Crippen LogP contribution in [-0.4, -0.2) is 55.4 Å². The van der Waals surface area contributed by atoms with Gasteiger partial charge < -0.3 is 9.64 Å². The predicted molar refractivity (Wildman–Crippen MR) is 106 cm³/mol. The van der Waals surface area contributed by atoms with Crippen molar-refractivity contribution in [1.82, 2.24) is 15.8 Å². The molecular formula is C20H24N4O4. The number of rotatable bonds is 9. The van der Waals surface area contributed by atoms with Gasteiger partial charge in [0.15, 0.2) is 0 Å². The van der Waals surface area contributed by atoms with Gasteiger partial charge in [-0.05, 0) is 68.5 Å². The largest absolute Gasteiger partial charge is 0.494 e. The highest BCUT2D eigenvalue weighted by atomic mass is 16.5. The summed E-state index contributed by atoms with van der Waals surface area (Å²) in [6, 6.07) is 13.3. The van der Waals surface area contributed by atoms with Crippen molar-refractivity contribution in [1.29, 1.82) is 0 Å². The third-order valence-corrected chi connectivity index (χ3v) is 3.77. The molecule has 8 heteroatoms. The molecule has 0 aliphatic heterocycles. The molecule has 0 aromatic heterocycles. The van der Waals surface area contributed by atoms with E-state index >= 15 is 0 Å². The van der Waals surface area contributed by atoms with Crippen molar-refractivity contribution in [2.45, 2.75) is 6.42 Å². The summed E-state index contributed by atoms with van der Waals surface area (Å²) < 4.78 is 5.66. The standard InChI is InChI=1S/C20H24N4O4/c1-24(2)11-4-12-28-18-9-7-15(8-10-18)14-21-22-19(25)16-5-3-6-17(13-16)20(26)23-27/h3,5-10,13-14,27H,4,11-12H2,1-2H3,(H,22,25)(H,23,26)/b21-14+. The molecule has 2 amide bonds. The van der Waals surface area contributed by atoms with Crippen LogP contribution in [0.25, 0.3) is 0 Å². The molecule has 0 aliphatic rings. The molecule has 8 nitrogen and oxygen atoms in total. The summed E-state index contributed by atoms with van der Waals surface area (Å²) in [5.74, 6) is -0.384. The van der Waals surface area contributed by atoms with Gasteiger partial charge >= 0.3 is 0 Å². The molecule has 0 aliphatic carbocycles. The molecule has 148 valence electrons. The highest BCUT2D eigenvalue weighted by Crippen LogP contribution is 2.11. The number of hydrogen-bond donors (Lipinski definition) is 3. The van der Waals surface area contributed by atoms with Crippen molar-refractivity contribution in [3.8, 4) is 5.75 Å². The van der Waals surface area contributed by atoms with Crippen LogP contribution in [0.2, 0.25) is 0 Å². The van der Waals surface area contributed by atoms with Crippen molar-refractivity contribution in [2.75, 3.05) is 27.2 Å². The first kappa shape index (κ1) is 21.1. The van der Waals surface area contributed by atoms with E-state index in [1.807, 2.05) is 38.4 Å². The Morgan fingerprint density at radius 2 is 1.79 bits per heavy atom. The minimum Gasteiger partial charge on any atom is -0.494 e. The maximum Gasteiger partial charge on any atom is 0.274 e. The minimum absolute atomic E-state index is 0.167. The first-order valence-electron chi connectivity index (χ1n) is 8.75. The minimum atomic E-state index is -0.692. The zero-order valence-corrected chi connectivity index (χ0v) is 15.9. The summed E-state index contributed by atoms with van der Waals surface area (Å²) in [7, 11) is 4.05. The lowest BCUT2D eigenvalue weighted by atomic mass is 10.1. The number of carbonyl (C=O) groups excluding carboxylic acids is 2. The molecular weight excluding hydrogens is 360 g/mol. The lowest BCUT2D eigenvalue weighted by Crippen LogP contribution is -2.21. The van der Waals surface area contributed by atoms with Crippen LogP contribution in [0.1, 0.15) is 32.7 Å². The Bertz CT molecular complexity index is 819. The van der Waals surface area contributed by atoms with Gasteiger partial charge in [0.05, 0.1) is 12.8 Å². The fourth-order valence-corrected chi connectivity index (χ4v) is 2.32. The number of hydroxylamine groups is 1. The van der Waals surface area contributed by atoms with Crippen LogP contribution in [0.3, 0.4) is 0 Å². The molecule has 0 radical (unpaired) electrons. The van der Waals surface area contributed by atoms with Crippen molar-refractivity contribution in [3.05, 3.63) is 65.2 Å². The van der Waals surface area contributed by atoms with Gasteiger partial charge in [-0.2, -0.15) is 5.10 Å². The monoisotopic (exact) mass is 384 g/mol. The molecule has 0 saturated heterocycles. The zero-order chi connectivity index (χ0) is 20.4. The third-order valence-electron chi connectivity index (χ3n) is 3.77. The van der Waals surface area contributed by atoms with E-state index < -0.39 is 11.8 Å². The number of benzene rings is 2. The summed E-state index contributed by atoms with van der Waals surface area (Å²) in [4.78, 5) is 25.6. The van der Waals surface area contributed by atoms with Crippen LogP contribution in [0.15, 0.2) is 53.6 Å². The Morgan fingerprint density at radius 3 is 2.43 bits per heavy atom. The first-order chi connectivity index (χ1) is 13.5. The van der Waals surface area contributed by atoms with Crippen LogP contribution < -0.4 is 15.6 Å². The van der Waals surface area contributed by atoms with E-state index in [9.17, 15) is 9.59 Å². The second-order valence-electron chi connectivity index (χ2n) is 6.30. The zero-order valence-electron chi connectivity index (χ0n) is 15.9.